The molecule has 4 aromatic carbocycles. The van der Waals surface area contributed by atoms with Crippen molar-refractivity contribution in [3.8, 4) is 34.5 Å². The van der Waals surface area contributed by atoms with E-state index in [2.05, 4.69) is 10.6 Å². The highest BCUT2D eigenvalue weighted by Gasteiger charge is 2.15. The van der Waals surface area contributed by atoms with Crippen LogP contribution in [0.4, 0.5) is 11.4 Å². The first-order valence-electron chi connectivity index (χ1n) is 12.2. The highest BCUT2D eigenvalue weighted by atomic mass is 16.3. The van der Waals surface area contributed by atoms with Crippen LogP contribution in [0.25, 0.3) is 0 Å². The number of carbonyl (C=O) groups excluding carboxylic acids is 2. The number of carbonyl (C=O) groups is 2. The van der Waals surface area contributed by atoms with Gasteiger partial charge in [0.15, 0.2) is 23.0 Å². The maximum atomic E-state index is 12.1. The minimum atomic E-state index is -0.460. The molecule has 0 aliphatic heterocycles. The fourth-order valence-corrected chi connectivity index (χ4v) is 3.74. The number of hydrogen-bond acceptors (Lipinski definition) is 8. The number of benzene rings is 4. The lowest BCUT2D eigenvalue weighted by atomic mass is 9.51. The van der Waals surface area contributed by atoms with Crippen LogP contribution in [0.1, 0.15) is 37.4 Å². The molecule has 0 aliphatic carbocycles. The van der Waals surface area contributed by atoms with Crippen molar-refractivity contribution in [2.24, 2.45) is 0 Å². The summed E-state index contributed by atoms with van der Waals surface area (Å²) in [4.78, 5) is 24.2. The lowest BCUT2D eigenvalue weighted by Gasteiger charge is -2.11. The maximum absolute atomic E-state index is 12.1. The molecule has 41 heavy (non-hydrogen) atoms. The molecule has 0 bridgehead atoms. The number of anilines is 2. The van der Waals surface area contributed by atoms with Gasteiger partial charge in [-0.15, -0.1) is 0 Å². The largest absolute Gasteiger partial charge is 0.508 e. The minimum absolute atomic E-state index is 0.0535. The van der Waals surface area contributed by atoms with E-state index in [-0.39, 0.29) is 45.6 Å². The summed E-state index contributed by atoms with van der Waals surface area (Å²) in [7, 11) is 6.65. The third-order valence-electron chi connectivity index (χ3n) is 6.11. The van der Waals surface area contributed by atoms with Crippen molar-refractivity contribution < 1.29 is 40.2 Å². The molecule has 4 rings (SSSR count). The Kier molecular flexibility index (Phi) is 9.41. The van der Waals surface area contributed by atoms with Crippen molar-refractivity contribution >= 4 is 43.6 Å². The van der Waals surface area contributed by atoms with Crippen molar-refractivity contribution in [1.82, 2.24) is 0 Å². The van der Waals surface area contributed by atoms with Crippen LogP contribution in [0.5, 0.6) is 34.5 Å². The van der Waals surface area contributed by atoms with Crippen LogP contribution < -0.4 is 16.1 Å². The zero-order valence-corrected chi connectivity index (χ0v) is 22.4. The second kappa shape index (κ2) is 12.7. The number of aryl methyl sites for hydroxylation is 2. The van der Waals surface area contributed by atoms with Crippen LogP contribution in [0, 0.1) is 20.8 Å². The Labute approximate surface area is 238 Å². The summed E-state index contributed by atoms with van der Waals surface area (Å²) < 4.78 is 0. The Morgan fingerprint density at radius 2 is 1.24 bits per heavy atom. The topological polar surface area (TPSA) is 180 Å². The van der Waals surface area contributed by atoms with Gasteiger partial charge in [-0.2, -0.15) is 0 Å². The van der Waals surface area contributed by atoms with Gasteiger partial charge < -0.3 is 41.3 Å². The van der Waals surface area contributed by atoms with Crippen LogP contribution in [-0.2, 0) is 0 Å². The predicted octanol–water partition coefficient (Wildman–Crippen LogP) is 3.45. The molecule has 3 radical (unpaired) electrons. The molecule has 0 atom stereocenters. The van der Waals surface area contributed by atoms with E-state index in [0.29, 0.717) is 33.5 Å². The Bertz CT molecular complexity index is 1630. The van der Waals surface area contributed by atoms with E-state index in [1.165, 1.54) is 43.6 Å². The van der Waals surface area contributed by atoms with Gasteiger partial charge in [-0.05, 0) is 92.6 Å². The first-order chi connectivity index (χ1) is 19.3. The molecule has 0 spiro atoms. The Morgan fingerprint density at radius 3 is 1.88 bits per heavy atom. The first-order valence-corrected chi connectivity index (χ1v) is 12.2. The molecular formula is C29H27B2N2O8. The van der Waals surface area contributed by atoms with Gasteiger partial charge in [-0.1, -0.05) is 5.46 Å². The van der Waals surface area contributed by atoms with Crippen molar-refractivity contribution in [1.29, 1.82) is 0 Å². The molecule has 0 saturated carbocycles. The summed E-state index contributed by atoms with van der Waals surface area (Å²) in [5, 5.41) is 62.1. The smallest absolute Gasteiger partial charge is 0.256 e. The predicted molar refractivity (Wildman–Crippen MR) is 157 cm³/mol. The summed E-state index contributed by atoms with van der Waals surface area (Å²) in [5.74, 6) is -1.90. The van der Waals surface area contributed by atoms with E-state index < -0.39 is 11.8 Å². The monoisotopic (exact) mass is 553 g/mol. The number of amides is 2. The average molecular weight is 553 g/mol. The Hall–Kier alpha value is -5.25. The van der Waals surface area contributed by atoms with Crippen molar-refractivity contribution in [2.45, 2.75) is 20.8 Å². The first kappa shape index (κ1) is 30.3. The number of phenolic OH excluding ortho intramolecular Hbond substituents is 6. The van der Waals surface area contributed by atoms with Crippen LogP contribution in [0.2, 0.25) is 0 Å². The van der Waals surface area contributed by atoms with Crippen LogP contribution >= 0.6 is 0 Å². The van der Waals surface area contributed by atoms with Gasteiger partial charge >= 0.3 is 0 Å². The van der Waals surface area contributed by atoms with E-state index in [9.17, 15) is 40.2 Å². The summed E-state index contributed by atoms with van der Waals surface area (Å²) in [6.45, 7) is 4.96. The van der Waals surface area contributed by atoms with Gasteiger partial charge in [0.05, 0.1) is 0 Å². The zero-order valence-electron chi connectivity index (χ0n) is 22.4. The number of aromatic hydroxyl groups is 6. The average Bonchev–Trinajstić information content (AvgIpc) is 2.93. The maximum Gasteiger partial charge on any atom is 0.256 e. The third-order valence-corrected chi connectivity index (χ3v) is 6.11. The number of nitrogens with one attached hydrogen (secondary N) is 2. The van der Waals surface area contributed by atoms with Gasteiger partial charge in [0.1, 0.15) is 18.7 Å². The molecule has 0 fully saturated rings. The molecule has 4 aromatic rings. The highest BCUT2D eigenvalue weighted by Crippen LogP contribution is 2.31. The molecule has 12 heteroatoms. The van der Waals surface area contributed by atoms with E-state index in [0.717, 1.165) is 6.07 Å². The molecule has 0 unspecified atom stereocenters. The Morgan fingerprint density at radius 1 is 0.634 bits per heavy atom. The van der Waals surface area contributed by atoms with Gasteiger partial charge in [-0.3, -0.25) is 9.59 Å². The van der Waals surface area contributed by atoms with E-state index in [4.69, 9.17) is 7.74 Å². The van der Waals surface area contributed by atoms with Crippen molar-refractivity contribution in [2.75, 3.05) is 10.6 Å². The molecule has 0 aliphatic rings. The lowest BCUT2D eigenvalue weighted by molar-refractivity contribution is 0.101. The number of hydrogen-bond donors (Lipinski definition) is 8. The fraction of sp³-hybridized carbons (Fsp3) is 0.103. The molecule has 0 saturated heterocycles. The molecule has 207 valence electrons. The second-order valence-corrected chi connectivity index (χ2v) is 9.12. The molecule has 8 N–H and O–H groups in total. The van der Waals surface area contributed by atoms with Crippen LogP contribution in [0.3, 0.4) is 0 Å². The van der Waals surface area contributed by atoms with Gasteiger partial charge in [0.25, 0.3) is 11.8 Å². The van der Waals surface area contributed by atoms with Gasteiger partial charge in [0.2, 0.25) is 0 Å². The lowest BCUT2D eigenvalue weighted by Crippen LogP contribution is -2.18. The van der Waals surface area contributed by atoms with E-state index in [1.54, 1.807) is 39.0 Å². The quantitative estimate of drug-likeness (QED) is 0.105. The third kappa shape index (κ3) is 7.24. The number of rotatable bonds is 5. The normalized spacial score (nSPS) is 10.2. The van der Waals surface area contributed by atoms with Gasteiger partial charge in [0, 0.05) is 35.8 Å². The standard InChI is InChI=1S/C15H15NO4.C14H12B2NO4/c1-8-7-10(3-5-12(8)17)16-15(20)11-4-6-13(18)14(19)9(11)2;1-7-4-9(6-10(16-15)13(7)20)17-14(21)8-2-3-11(18)12(19)5-8/h3-7,17-19H,1-2H3,(H,16,20);2-6,18-20H,1H3,(H,17,21). The molecular weight excluding hydrogens is 526 g/mol. The Balaban J connectivity index is 0.000000226. The van der Waals surface area contributed by atoms with Crippen molar-refractivity contribution in [3.05, 3.63) is 88.5 Å². The minimum Gasteiger partial charge on any atom is -0.508 e. The summed E-state index contributed by atoms with van der Waals surface area (Å²) in [6, 6.07) is 14.3. The molecule has 0 heterocycles. The van der Waals surface area contributed by atoms with Crippen molar-refractivity contribution in [3.63, 3.8) is 0 Å². The molecule has 0 aromatic heterocycles. The number of phenols is 6. The SMILES string of the molecule is Cc1cc(NC(=O)c2ccc(O)c(O)c2C)ccc1O.[B][B]c1cc(NC(=O)c2ccc(O)c(O)c2)cc(C)c1O. The van der Waals surface area contributed by atoms with E-state index in [1.807, 2.05) is 0 Å². The summed E-state index contributed by atoms with van der Waals surface area (Å²) in [6.07, 6.45) is 0. The van der Waals surface area contributed by atoms with Gasteiger partial charge in [-0.25, -0.2) is 0 Å². The van der Waals surface area contributed by atoms with Crippen LogP contribution in [0.15, 0.2) is 60.7 Å². The molecule has 10 nitrogen and oxygen atoms in total. The highest BCUT2D eigenvalue weighted by molar-refractivity contribution is 6.98. The summed E-state index contributed by atoms with van der Waals surface area (Å²) in [5.41, 5.74) is 3.38. The summed E-state index contributed by atoms with van der Waals surface area (Å²) >= 11 is 0. The van der Waals surface area contributed by atoms with E-state index >= 15 is 0 Å². The second-order valence-electron chi connectivity index (χ2n) is 9.12. The fourth-order valence-electron chi connectivity index (χ4n) is 3.74. The zero-order chi connectivity index (χ0) is 30.4. The molecule has 2 amide bonds. The van der Waals surface area contributed by atoms with Crippen LogP contribution in [-0.4, -0.2) is 57.4 Å².